The van der Waals surface area contributed by atoms with Crippen LogP contribution < -0.4 is 16.6 Å². The molecule has 1 aromatic heterocycles. The topological polar surface area (TPSA) is 94.8 Å². The van der Waals surface area contributed by atoms with Crippen molar-refractivity contribution in [3.05, 3.63) is 43.7 Å². The van der Waals surface area contributed by atoms with Crippen molar-refractivity contribution in [3.8, 4) is 0 Å². The number of rotatable bonds is 5. The van der Waals surface area contributed by atoms with Gasteiger partial charge < -0.3 is 10.3 Å². The van der Waals surface area contributed by atoms with E-state index in [1.807, 2.05) is 0 Å². The second-order valence-corrected chi connectivity index (χ2v) is 5.40. The average molecular weight is 291 g/mol. The van der Waals surface area contributed by atoms with Crippen LogP contribution in [0.5, 0.6) is 0 Å². The van der Waals surface area contributed by atoms with E-state index in [9.17, 15) is 14.4 Å². The zero-order valence-electron chi connectivity index (χ0n) is 12.3. The number of amides is 1. The molecule has 114 valence electrons. The number of aromatic nitrogens is 2. The number of aryl methyl sites for hydroxylation is 1. The highest BCUT2D eigenvalue weighted by Crippen LogP contribution is 2.19. The molecule has 1 amide bonds. The molecule has 6 heteroatoms. The van der Waals surface area contributed by atoms with Crippen LogP contribution in [0.4, 0.5) is 0 Å². The van der Waals surface area contributed by atoms with Gasteiger partial charge in [-0.25, -0.2) is 4.79 Å². The summed E-state index contributed by atoms with van der Waals surface area (Å²) >= 11 is 0. The number of carbonyl (C=O) groups is 1. The molecule has 1 aliphatic rings. The van der Waals surface area contributed by atoms with Gasteiger partial charge in [-0.3, -0.25) is 14.6 Å². The molecule has 0 spiro atoms. The predicted octanol–water partition coefficient (Wildman–Crippen LogP) is 0.921. The highest BCUT2D eigenvalue weighted by atomic mass is 16.2. The first kappa shape index (κ1) is 15.3. The Bertz CT molecular complexity index is 655. The van der Waals surface area contributed by atoms with Crippen molar-refractivity contribution >= 4 is 5.91 Å². The van der Waals surface area contributed by atoms with Crippen molar-refractivity contribution < 1.29 is 4.79 Å². The summed E-state index contributed by atoms with van der Waals surface area (Å²) in [6.45, 7) is 2.21. The van der Waals surface area contributed by atoms with Crippen LogP contribution >= 0.6 is 0 Å². The van der Waals surface area contributed by atoms with E-state index in [0.717, 1.165) is 19.3 Å². The maximum Gasteiger partial charge on any atom is 0.325 e. The summed E-state index contributed by atoms with van der Waals surface area (Å²) in [6, 6.07) is 0. The molecule has 21 heavy (non-hydrogen) atoms. The van der Waals surface area contributed by atoms with Crippen molar-refractivity contribution in [2.75, 3.05) is 6.54 Å². The SMILES string of the molecule is Cc1[nH]c(=O)[nH]c(=O)c1CC(=O)NCCC1=CCCCC1. The number of aromatic amines is 2. The van der Waals surface area contributed by atoms with E-state index in [2.05, 4.69) is 21.4 Å². The molecule has 0 saturated heterocycles. The average Bonchev–Trinajstić information content (AvgIpc) is 2.44. The van der Waals surface area contributed by atoms with E-state index in [1.165, 1.54) is 18.4 Å². The number of carbonyl (C=O) groups excluding carboxylic acids is 1. The lowest BCUT2D eigenvalue weighted by molar-refractivity contribution is -0.120. The molecule has 0 fully saturated rings. The fourth-order valence-electron chi connectivity index (χ4n) is 2.56. The van der Waals surface area contributed by atoms with E-state index in [1.54, 1.807) is 6.92 Å². The van der Waals surface area contributed by atoms with Crippen LogP contribution in [0.2, 0.25) is 0 Å². The second-order valence-electron chi connectivity index (χ2n) is 5.40. The first-order chi connectivity index (χ1) is 10.1. The van der Waals surface area contributed by atoms with Crippen LogP contribution in [0.25, 0.3) is 0 Å². The number of hydrogen-bond donors (Lipinski definition) is 3. The maximum atomic E-state index is 11.9. The molecule has 1 aliphatic carbocycles. The summed E-state index contributed by atoms with van der Waals surface area (Å²) in [5.41, 5.74) is 1.10. The highest BCUT2D eigenvalue weighted by Gasteiger charge is 2.11. The van der Waals surface area contributed by atoms with Gasteiger partial charge in [0.15, 0.2) is 0 Å². The fraction of sp³-hybridized carbons (Fsp3) is 0.533. The van der Waals surface area contributed by atoms with Crippen molar-refractivity contribution in [2.24, 2.45) is 0 Å². The van der Waals surface area contributed by atoms with Crippen molar-refractivity contribution in [3.63, 3.8) is 0 Å². The van der Waals surface area contributed by atoms with Crippen LogP contribution in [-0.4, -0.2) is 22.4 Å². The van der Waals surface area contributed by atoms with E-state index < -0.39 is 11.2 Å². The molecule has 0 aromatic carbocycles. The molecule has 0 unspecified atom stereocenters. The van der Waals surface area contributed by atoms with Crippen molar-refractivity contribution in [1.29, 1.82) is 0 Å². The second kappa shape index (κ2) is 7.06. The Morgan fingerprint density at radius 2 is 2.10 bits per heavy atom. The Kier molecular flexibility index (Phi) is 5.14. The molecule has 0 atom stereocenters. The van der Waals surface area contributed by atoms with E-state index >= 15 is 0 Å². The first-order valence-corrected chi connectivity index (χ1v) is 7.33. The third-order valence-corrected chi connectivity index (χ3v) is 3.75. The van der Waals surface area contributed by atoms with Gasteiger partial charge in [-0.1, -0.05) is 11.6 Å². The smallest absolute Gasteiger partial charge is 0.325 e. The largest absolute Gasteiger partial charge is 0.355 e. The number of allylic oxidation sites excluding steroid dienone is 1. The molecule has 0 bridgehead atoms. The summed E-state index contributed by atoms with van der Waals surface area (Å²) in [6.07, 6.45) is 7.84. The van der Waals surface area contributed by atoms with Gasteiger partial charge in [0, 0.05) is 17.8 Å². The van der Waals surface area contributed by atoms with Gasteiger partial charge in [-0.2, -0.15) is 0 Å². The minimum atomic E-state index is -0.550. The van der Waals surface area contributed by atoms with Gasteiger partial charge in [0.25, 0.3) is 5.56 Å². The summed E-state index contributed by atoms with van der Waals surface area (Å²) in [4.78, 5) is 39.2. The van der Waals surface area contributed by atoms with Crippen LogP contribution in [0, 0.1) is 6.92 Å². The van der Waals surface area contributed by atoms with Gasteiger partial charge in [-0.05, 0) is 39.0 Å². The predicted molar refractivity (Wildman–Crippen MR) is 80.3 cm³/mol. The third kappa shape index (κ3) is 4.44. The molecule has 0 saturated carbocycles. The van der Waals surface area contributed by atoms with Gasteiger partial charge in [0.2, 0.25) is 5.91 Å². The van der Waals surface area contributed by atoms with Crippen LogP contribution in [-0.2, 0) is 11.2 Å². The zero-order chi connectivity index (χ0) is 15.2. The monoisotopic (exact) mass is 291 g/mol. The molecule has 6 nitrogen and oxygen atoms in total. The van der Waals surface area contributed by atoms with E-state index in [-0.39, 0.29) is 12.3 Å². The summed E-state index contributed by atoms with van der Waals surface area (Å²) in [5.74, 6) is -0.202. The maximum absolute atomic E-state index is 11.9. The van der Waals surface area contributed by atoms with Gasteiger partial charge in [-0.15, -0.1) is 0 Å². The minimum absolute atomic E-state index is 0.0169. The third-order valence-electron chi connectivity index (χ3n) is 3.75. The molecule has 1 heterocycles. The minimum Gasteiger partial charge on any atom is -0.355 e. The van der Waals surface area contributed by atoms with Crippen molar-refractivity contribution in [1.82, 2.24) is 15.3 Å². The van der Waals surface area contributed by atoms with Gasteiger partial charge in [0.05, 0.1) is 6.42 Å². The highest BCUT2D eigenvalue weighted by molar-refractivity contribution is 5.78. The van der Waals surface area contributed by atoms with Gasteiger partial charge in [0.1, 0.15) is 0 Å². The lowest BCUT2D eigenvalue weighted by Gasteiger charge is -2.13. The Balaban J connectivity index is 1.86. The Hall–Kier alpha value is -2.11. The Morgan fingerprint density at radius 3 is 2.76 bits per heavy atom. The number of H-pyrrole nitrogens is 2. The van der Waals surface area contributed by atoms with E-state index in [4.69, 9.17) is 0 Å². The number of nitrogens with one attached hydrogen (secondary N) is 3. The summed E-state index contributed by atoms with van der Waals surface area (Å²) in [7, 11) is 0. The van der Waals surface area contributed by atoms with Crippen LogP contribution in [0.3, 0.4) is 0 Å². The Morgan fingerprint density at radius 1 is 1.29 bits per heavy atom. The van der Waals surface area contributed by atoms with Crippen LogP contribution in [0.1, 0.15) is 43.4 Å². The number of hydrogen-bond acceptors (Lipinski definition) is 3. The molecule has 2 rings (SSSR count). The van der Waals surface area contributed by atoms with Crippen LogP contribution in [0.15, 0.2) is 21.2 Å². The lowest BCUT2D eigenvalue weighted by Crippen LogP contribution is -2.32. The molecular formula is C15H21N3O3. The first-order valence-electron chi connectivity index (χ1n) is 7.33. The summed E-state index contributed by atoms with van der Waals surface area (Å²) in [5, 5.41) is 2.82. The molecule has 0 aliphatic heterocycles. The molecule has 1 aromatic rings. The zero-order valence-corrected chi connectivity index (χ0v) is 12.3. The quantitative estimate of drug-likeness (QED) is 0.704. The molecule has 3 N–H and O–H groups in total. The van der Waals surface area contributed by atoms with Crippen molar-refractivity contribution in [2.45, 2.75) is 45.4 Å². The standard InChI is InChI=1S/C15H21N3O3/c1-10-12(14(20)18-15(21)17-10)9-13(19)16-8-7-11-5-3-2-4-6-11/h5H,2-4,6-9H2,1H3,(H,16,19)(H2,17,18,20,21). The fourth-order valence-corrected chi connectivity index (χ4v) is 2.56. The Labute approximate surface area is 122 Å². The van der Waals surface area contributed by atoms with E-state index in [0.29, 0.717) is 17.8 Å². The lowest BCUT2D eigenvalue weighted by atomic mass is 9.97. The van der Waals surface area contributed by atoms with Gasteiger partial charge >= 0.3 is 5.69 Å². The normalized spacial score (nSPS) is 14.6. The summed E-state index contributed by atoms with van der Waals surface area (Å²) < 4.78 is 0. The molecular weight excluding hydrogens is 270 g/mol. The molecule has 0 radical (unpaired) electrons.